The van der Waals surface area contributed by atoms with Crippen LogP contribution in [0.25, 0.3) is 0 Å². The molecule has 1 aromatic carbocycles. The van der Waals surface area contributed by atoms with Gasteiger partial charge in [0.25, 0.3) is 0 Å². The van der Waals surface area contributed by atoms with E-state index in [2.05, 4.69) is 10.1 Å². The smallest absolute Gasteiger partial charge is 0.411 e. The lowest BCUT2D eigenvalue weighted by molar-refractivity contribution is 0.168. The molecule has 0 fully saturated rings. The van der Waals surface area contributed by atoms with E-state index in [0.29, 0.717) is 0 Å². The van der Waals surface area contributed by atoms with E-state index in [1.165, 1.54) is 0 Å². The predicted octanol–water partition coefficient (Wildman–Crippen LogP) is 2.53. The van der Waals surface area contributed by atoms with Crippen LogP contribution in [0.3, 0.4) is 0 Å². The van der Waals surface area contributed by atoms with E-state index < -0.39 is 17.7 Å². The topological polar surface area (TPSA) is 38.3 Å². The third kappa shape index (κ3) is 2.69. The molecule has 0 aromatic heterocycles. The van der Waals surface area contributed by atoms with E-state index in [9.17, 15) is 13.6 Å². The van der Waals surface area contributed by atoms with Crippen molar-refractivity contribution in [1.29, 1.82) is 0 Å². The molecule has 76 valence electrons. The molecule has 14 heavy (non-hydrogen) atoms. The van der Waals surface area contributed by atoms with Crippen molar-refractivity contribution < 1.29 is 18.3 Å². The first-order valence-corrected chi connectivity index (χ1v) is 4.02. The van der Waals surface area contributed by atoms with Gasteiger partial charge in [-0.15, -0.1) is 0 Å². The molecule has 0 aliphatic carbocycles. The normalized spacial score (nSPS) is 9.64. The third-order valence-electron chi connectivity index (χ3n) is 1.44. The molecular weight excluding hydrogens is 192 g/mol. The summed E-state index contributed by atoms with van der Waals surface area (Å²) in [7, 11) is 0. The molecule has 0 radical (unpaired) electrons. The van der Waals surface area contributed by atoms with Gasteiger partial charge in [0.15, 0.2) is 0 Å². The van der Waals surface area contributed by atoms with Crippen molar-refractivity contribution in [3.05, 3.63) is 29.8 Å². The van der Waals surface area contributed by atoms with Gasteiger partial charge in [-0.25, -0.2) is 13.6 Å². The van der Waals surface area contributed by atoms with Crippen LogP contribution in [-0.2, 0) is 4.74 Å². The van der Waals surface area contributed by atoms with E-state index in [0.717, 1.165) is 18.2 Å². The number of carbonyl (C=O) groups is 1. The molecule has 1 aromatic rings. The Balaban J connectivity index is 2.75. The lowest BCUT2D eigenvalue weighted by Gasteiger charge is -2.05. The summed E-state index contributed by atoms with van der Waals surface area (Å²) in [5.74, 6) is -1.34. The predicted molar refractivity (Wildman–Crippen MR) is 47.0 cm³/mol. The number of hydrogen-bond donors (Lipinski definition) is 1. The highest BCUT2D eigenvalue weighted by molar-refractivity contribution is 5.84. The molecule has 0 saturated heterocycles. The Morgan fingerprint density at radius 2 is 2.21 bits per heavy atom. The highest BCUT2D eigenvalue weighted by Crippen LogP contribution is 2.15. The third-order valence-corrected chi connectivity index (χ3v) is 1.44. The second kappa shape index (κ2) is 4.55. The summed E-state index contributed by atoms with van der Waals surface area (Å²) < 4.78 is 30.1. The van der Waals surface area contributed by atoms with Gasteiger partial charge in [0.2, 0.25) is 0 Å². The minimum Gasteiger partial charge on any atom is -0.450 e. The SMILES string of the molecule is CCOC(=O)Nc1cc(F)ccc1F. The van der Waals surface area contributed by atoms with Crippen LogP contribution >= 0.6 is 0 Å². The summed E-state index contributed by atoms with van der Waals surface area (Å²) in [6.45, 7) is 1.78. The van der Waals surface area contributed by atoms with E-state index in [-0.39, 0.29) is 12.3 Å². The largest absolute Gasteiger partial charge is 0.450 e. The molecule has 0 spiro atoms. The van der Waals surface area contributed by atoms with Crippen molar-refractivity contribution in [1.82, 2.24) is 0 Å². The number of rotatable bonds is 2. The molecule has 0 bridgehead atoms. The van der Waals surface area contributed by atoms with Gasteiger partial charge < -0.3 is 4.74 Å². The molecule has 0 aliphatic heterocycles. The van der Waals surface area contributed by atoms with Gasteiger partial charge in [-0.05, 0) is 19.1 Å². The summed E-state index contributed by atoms with van der Waals surface area (Å²) in [6.07, 6.45) is -0.808. The van der Waals surface area contributed by atoms with Crippen molar-refractivity contribution in [3.8, 4) is 0 Å². The van der Waals surface area contributed by atoms with Crippen LogP contribution in [-0.4, -0.2) is 12.7 Å². The van der Waals surface area contributed by atoms with Crippen LogP contribution in [0, 0.1) is 11.6 Å². The summed E-state index contributed by atoms with van der Waals surface area (Å²) in [5, 5.41) is 2.08. The Hall–Kier alpha value is -1.65. The second-order valence-electron chi connectivity index (χ2n) is 2.47. The molecule has 3 nitrogen and oxygen atoms in total. The number of anilines is 1. The van der Waals surface area contributed by atoms with E-state index >= 15 is 0 Å². The monoisotopic (exact) mass is 201 g/mol. The maximum Gasteiger partial charge on any atom is 0.411 e. The Morgan fingerprint density at radius 1 is 1.50 bits per heavy atom. The van der Waals surface area contributed by atoms with Crippen LogP contribution in [0.2, 0.25) is 0 Å². The molecule has 0 saturated carbocycles. The first-order valence-electron chi connectivity index (χ1n) is 4.02. The summed E-state index contributed by atoms with van der Waals surface area (Å²) in [6, 6.07) is 2.77. The number of amides is 1. The van der Waals surface area contributed by atoms with Crippen molar-refractivity contribution in [2.75, 3.05) is 11.9 Å². The van der Waals surface area contributed by atoms with Crippen molar-refractivity contribution in [3.63, 3.8) is 0 Å². The Bertz CT molecular complexity index is 342. The first kappa shape index (κ1) is 10.4. The van der Waals surface area contributed by atoms with Gasteiger partial charge in [0, 0.05) is 6.07 Å². The van der Waals surface area contributed by atoms with Crippen LogP contribution in [0.4, 0.5) is 19.3 Å². The lowest BCUT2D eigenvalue weighted by Crippen LogP contribution is -2.14. The zero-order valence-electron chi connectivity index (χ0n) is 7.51. The minimum atomic E-state index is -0.808. The fraction of sp³-hybridized carbons (Fsp3) is 0.222. The van der Waals surface area contributed by atoms with E-state index in [1.54, 1.807) is 6.92 Å². The van der Waals surface area contributed by atoms with Crippen molar-refractivity contribution in [2.24, 2.45) is 0 Å². The van der Waals surface area contributed by atoms with Gasteiger partial charge in [-0.2, -0.15) is 0 Å². The number of ether oxygens (including phenoxy) is 1. The fourth-order valence-corrected chi connectivity index (χ4v) is 0.870. The van der Waals surface area contributed by atoms with Gasteiger partial charge in [-0.1, -0.05) is 0 Å². The number of benzene rings is 1. The van der Waals surface area contributed by atoms with Crippen LogP contribution in [0.15, 0.2) is 18.2 Å². The number of carbonyl (C=O) groups excluding carboxylic acids is 1. The van der Waals surface area contributed by atoms with Crippen molar-refractivity contribution in [2.45, 2.75) is 6.92 Å². The molecule has 0 atom stereocenters. The Labute approximate surface area is 79.7 Å². The van der Waals surface area contributed by atoms with Gasteiger partial charge in [0.05, 0.1) is 12.3 Å². The molecule has 1 N–H and O–H groups in total. The summed E-state index contributed by atoms with van der Waals surface area (Å²) in [4.78, 5) is 10.9. The highest BCUT2D eigenvalue weighted by atomic mass is 19.1. The minimum absolute atomic E-state index is 0.169. The zero-order chi connectivity index (χ0) is 10.6. The molecule has 5 heteroatoms. The fourth-order valence-electron chi connectivity index (χ4n) is 0.870. The first-order chi connectivity index (χ1) is 6.63. The summed E-state index contributed by atoms with van der Waals surface area (Å²) >= 11 is 0. The number of nitrogens with one attached hydrogen (secondary N) is 1. The van der Waals surface area contributed by atoms with Crippen LogP contribution in [0.1, 0.15) is 6.92 Å². The van der Waals surface area contributed by atoms with Gasteiger partial charge in [0.1, 0.15) is 11.6 Å². The Morgan fingerprint density at radius 3 is 2.86 bits per heavy atom. The number of halogens is 2. The average molecular weight is 201 g/mol. The van der Waals surface area contributed by atoms with E-state index in [1.807, 2.05) is 0 Å². The van der Waals surface area contributed by atoms with Gasteiger partial charge in [-0.3, -0.25) is 5.32 Å². The second-order valence-corrected chi connectivity index (χ2v) is 2.47. The lowest BCUT2D eigenvalue weighted by atomic mass is 10.3. The molecule has 1 rings (SSSR count). The molecule has 0 unspecified atom stereocenters. The van der Waals surface area contributed by atoms with Gasteiger partial charge >= 0.3 is 6.09 Å². The quantitative estimate of drug-likeness (QED) is 0.798. The maximum atomic E-state index is 12.9. The number of hydrogen-bond acceptors (Lipinski definition) is 2. The molecular formula is C9H9F2NO2. The van der Waals surface area contributed by atoms with Crippen LogP contribution in [0.5, 0.6) is 0 Å². The molecule has 0 heterocycles. The standard InChI is InChI=1S/C9H9F2NO2/c1-2-14-9(13)12-8-5-6(10)3-4-7(8)11/h3-5H,2H2,1H3,(H,12,13). The molecule has 1 amide bonds. The highest BCUT2D eigenvalue weighted by Gasteiger charge is 2.07. The van der Waals surface area contributed by atoms with Crippen molar-refractivity contribution >= 4 is 11.8 Å². The Kier molecular flexibility index (Phi) is 3.39. The van der Waals surface area contributed by atoms with E-state index in [4.69, 9.17) is 0 Å². The average Bonchev–Trinajstić information content (AvgIpc) is 2.12. The molecule has 0 aliphatic rings. The maximum absolute atomic E-state index is 12.9. The summed E-state index contributed by atoms with van der Waals surface area (Å²) in [5.41, 5.74) is -0.233. The van der Waals surface area contributed by atoms with Crippen LogP contribution < -0.4 is 5.32 Å². The zero-order valence-corrected chi connectivity index (χ0v) is 7.51.